The minimum atomic E-state index is -0.0150. The Balaban J connectivity index is 0. The van der Waals surface area contributed by atoms with Crippen LogP contribution in [0.25, 0.3) is 0 Å². The first-order chi connectivity index (χ1) is 3.42. The zero-order valence-corrected chi connectivity index (χ0v) is 9.62. The molecule has 0 bridgehead atoms. The molecule has 53 valence electrons. The van der Waals surface area contributed by atoms with Crippen LogP contribution in [-0.4, -0.2) is 5.54 Å². The zero-order valence-electron chi connectivity index (χ0n) is 6.78. The molecule has 1 nitrogen and oxygen atoms in total. The molecule has 9 heavy (non-hydrogen) atoms. The van der Waals surface area contributed by atoms with Gasteiger partial charge in [0.2, 0.25) is 0 Å². The monoisotopic (exact) mass is 202 g/mol. The van der Waals surface area contributed by atoms with E-state index in [1.165, 1.54) is 6.04 Å². The van der Waals surface area contributed by atoms with Gasteiger partial charge < -0.3 is 12.2 Å². The van der Waals surface area contributed by atoms with Crippen LogP contribution in [0.2, 0.25) is 0 Å². The van der Waals surface area contributed by atoms with Crippen molar-refractivity contribution < 1.29 is 32.7 Å². The summed E-state index contributed by atoms with van der Waals surface area (Å²) >= 11 is 0. The van der Waals surface area contributed by atoms with Crippen LogP contribution in [0.15, 0.2) is 0 Å². The number of nitrogens with one attached hydrogen (secondary N) is 1. The standard InChI is InChI=1S/C7H15N.Y/c1-6(2)8-7(3,4)5;/h8H,3H2,1-2,4-5H3;/q-2;. The minimum Gasteiger partial charge on any atom is -0.488 e. The summed E-state index contributed by atoms with van der Waals surface area (Å²) in [5.41, 5.74) is -0.0150. The van der Waals surface area contributed by atoms with Crippen molar-refractivity contribution in [2.24, 2.45) is 0 Å². The quantitative estimate of drug-likeness (QED) is 0.672. The molecule has 1 N–H and O–H groups in total. The first-order valence-electron chi connectivity index (χ1n) is 2.85. The van der Waals surface area contributed by atoms with Crippen molar-refractivity contribution in [3.63, 3.8) is 0 Å². The van der Waals surface area contributed by atoms with Crippen LogP contribution in [0.1, 0.15) is 27.7 Å². The SMILES string of the molecule is [CH2-]C(C)(C)N[C-](C)C.[Y]. The Hall–Kier alpha value is 1.06. The van der Waals surface area contributed by atoms with Crippen molar-refractivity contribution in [2.75, 3.05) is 0 Å². The van der Waals surface area contributed by atoms with Gasteiger partial charge in [0.1, 0.15) is 0 Å². The van der Waals surface area contributed by atoms with Crippen LogP contribution in [0.5, 0.6) is 0 Å². The van der Waals surface area contributed by atoms with Gasteiger partial charge in [-0.25, -0.2) is 0 Å². The van der Waals surface area contributed by atoms with Crippen LogP contribution in [-0.2, 0) is 32.7 Å². The van der Waals surface area contributed by atoms with E-state index >= 15 is 0 Å². The van der Waals surface area contributed by atoms with E-state index in [2.05, 4.69) is 12.2 Å². The summed E-state index contributed by atoms with van der Waals surface area (Å²) in [6.07, 6.45) is 0. The van der Waals surface area contributed by atoms with Crippen molar-refractivity contribution in [2.45, 2.75) is 33.2 Å². The van der Waals surface area contributed by atoms with E-state index in [4.69, 9.17) is 0 Å². The molecular weight excluding hydrogens is 187 g/mol. The molecule has 0 aliphatic heterocycles. The Morgan fingerprint density at radius 1 is 1.33 bits per heavy atom. The first-order valence-corrected chi connectivity index (χ1v) is 2.85. The minimum absolute atomic E-state index is 0. The fraction of sp³-hybridized carbons (Fsp3) is 0.714. The van der Waals surface area contributed by atoms with Gasteiger partial charge in [-0.15, -0.1) is 5.54 Å². The van der Waals surface area contributed by atoms with Gasteiger partial charge in [0, 0.05) is 32.7 Å². The van der Waals surface area contributed by atoms with Gasteiger partial charge in [-0.3, -0.25) is 6.04 Å². The fourth-order valence-corrected chi connectivity index (χ4v) is 0.677. The van der Waals surface area contributed by atoms with E-state index in [9.17, 15) is 0 Å². The second kappa shape index (κ2) is 4.81. The molecule has 0 aliphatic carbocycles. The van der Waals surface area contributed by atoms with Gasteiger partial charge in [0.05, 0.1) is 0 Å². The number of rotatable bonds is 2. The summed E-state index contributed by atoms with van der Waals surface area (Å²) in [5.74, 6) is 0. The predicted molar refractivity (Wildman–Crippen MR) is 37.2 cm³/mol. The normalized spacial score (nSPS) is 11.3. The third kappa shape index (κ3) is 12.3. The summed E-state index contributed by atoms with van der Waals surface area (Å²) in [5, 5.41) is 3.19. The third-order valence-electron chi connectivity index (χ3n) is 0.588. The Bertz CT molecular complexity index is 63.8. The van der Waals surface area contributed by atoms with E-state index < -0.39 is 0 Å². The molecule has 0 aromatic carbocycles. The second-order valence-electron chi connectivity index (χ2n) is 3.01. The molecule has 2 heteroatoms. The second-order valence-corrected chi connectivity index (χ2v) is 3.01. The third-order valence-corrected chi connectivity index (χ3v) is 0.588. The maximum Gasteiger partial charge on any atom is 0 e. The maximum absolute atomic E-state index is 3.88. The molecule has 0 aromatic rings. The van der Waals surface area contributed by atoms with Crippen LogP contribution in [0, 0.1) is 13.0 Å². The summed E-state index contributed by atoms with van der Waals surface area (Å²) in [6, 6.07) is 1.21. The van der Waals surface area contributed by atoms with E-state index in [1.54, 1.807) is 0 Å². The average molecular weight is 202 g/mol. The molecule has 0 aliphatic rings. The molecule has 0 atom stereocenters. The van der Waals surface area contributed by atoms with Crippen molar-refractivity contribution in [3.8, 4) is 0 Å². The van der Waals surface area contributed by atoms with E-state index in [1.807, 2.05) is 27.7 Å². The first kappa shape index (κ1) is 12.7. The van der Waals surface area contributed by atoms with Gasteiger partial charge in [-0.2, -0.15) is 13.8 Å². The number of hydrogen-bond donors (Lipinski definition) is 1. The summed E-state index contributed by atoms with van der Waals surface area (Å²) in [4.78, 5) is 0. The summed E-state index contributed by atoms with van der Waals surface area (Å²) in [6.45, 7) is 12.0. The van der Waals surface area contributed by atoms with Gasteiger partial charge in [0.15, 0.2) is 0 Å². The van der Waals surface area contributed by atoms with E-state index in [-0.39, 0.29) is 38.2 Å². The molecule has 0 saturated carbocycles. The Kier molecular flexibility index (Phi) is 6.80. The van der Waals surface area contributed by atoms with Gasteiger partial charge in [0.25, 0.3) is 0 Å². The van der Waals surface area contributed by atoms with Gasteiger partial charge >= 0.3 is 0 Å². The van der Waals surface area contributed by atoms with E-state index in [0.29, 0.717) is 0 Å². The molecule has 1 radical (unpaired) electrons. The number of hydrogen-bond acceptors (Lipinski definition) is 1. The molecule has 0 aromatic heterocycles. The topological polar surface area (TPSA) is 12.0 Å². The smallest absolute Gasteiger partial charge is 0 e. The molecule has 0 amide bonds. The molecule has 0 fully saturated rings. The van der Waals surface area contributed by atoms with Crippen LogP contribution >= 0.6 is 0 Å². The van der Waals surface area contributed by atoms with Crippen LogP contribution in [0.4, 0.5) is 0 Å². The molecule has 0 unspecified atom stereocenters. The van der Waals surface area contributed by atoms with Crippen molar-refractivity contribution in [3.05, 3.63) is 13.0 Å². The van der Waals surface area contributed by atoms with Crippen LogP contribution < -0.4 is 5.32 Å². The molecule has 0 rings (SSSR count). The Labute approximate surface area is 83.9 Å². The average Bonchev–Trinajstić information content (AvgIpc) is 1.21. The maximum atomic E-state index is 3.88. The predicted octanol–water partition coefficient (Wildman–Crippen LogP) is 1.76. The molecule has 0 spiro atoms. The van der Waals surface area contributed by atoms with Crippen molar-refractivity contribution in [1.29, 1.82) is 0 Å². The van der Waals surface area contributed by atoms with Gasteiger partial charge in [-0.1, -0.05) is 13.8 Å². The Morgan fingerprint density at radius 3 is 1.67 bits per heavy atom. The molecule has 0 saturated heterocycles. The largest absolute Gasteiger partial charge is 0.488 e. The summed E-state index contributed by atoms with van der Waals surface area (Å²) in [7, 11) is 0. The Morgan fingerprint density at radius 2 is 1.67 bits per heavy atom. The van der Waals surface area contributed by atoms with Crippen molar-refractivity contribution in [1.82, 2.24) is 5.32 Å². The summed E-state index contributed by atoms with van der Waals surface area (Å²) < 4.78 is 0. The van der Waals surface area contributed by atoms with Gasteiger partial charge in [-0.05, 0) is 0 Å². The van der Waals surface area contributed by atoms with Crippen molar-refractivity contribution >= 4 is 0 Å². The molecular formula is C7H15NY-2. The molecule has 0 heterocycles. The van der Waals surface area contributed by atoms with Crippen LogP contribution in [0.3, 0.4) is 0 Å². The fourth-order valence-electron chi connectivity index (χ4n) is 0.677. The zero-order chi connectivity index (χ0) is 6.78. The van der Waals surface area contributed by atoms with E-state index in [0.717, 1.165) is 0 Å².